The van der Waals surface area contributed by atoms with Gasteiger partial charge in [-0.15, -0.1) is 0 Å². The molecule has 0 amide bonds. The quantitative estimate of drug-likeness (QED) is 0.783. The lowest BCUT2D eigenvalue weighted by molar-refractivity contribution is 0.735. The Balaban J connectivity index is 2.28. The minimum absolute atomic E-state index is 0.511. The Hall–Kier alpha value is -1.55. The standard InChI is InChI=1S/C16H15Cl2N3/c1-10-3-2-4-11(7-10)16-20-14-8-12(17)13(18)9-15(14)21(16)6-5-19/h2-4,7-9H,5-6,19H2,1H3. The molecule has 0 fully saturated rings. The topological polar surface area (TPSA) is 43.8 Å². The van der Waals surface area contributed by atoms with Gasteiger partial charge in [-0.05, 0) is 25.1 Å². The van der Waals surface area contributed by atoms with Crippen LogP contribution in [0.2, 0.25) is 10.0 Å². The first kappa shape index (κ1) is 14.4. The second kappa shape index (κ2) is 5.68. The highest BCUT2D eigenvalue weighted by atomic mass is 35.5. The van der Waals surface area contributed by atoms with Gasteiger partial charge in [-0.3, -0.25) is 0 Å². The van der Waals surface area contributed by atoms with Crippen molar-refractivity contribution in [3.63, 3.8) is 0 Å². The number of aromatic nitrogens is 2. The van der Waals surface area contributed by atoms with Crippen LogP contribution in [0.5, 0.6) is 0 Å². The molecule has 3 aromatic rings. The van der Waals surface area contributed by atoms with Crippen molar-refractivity contribution < 1.29 is 0 Å². The lowest BCUT2D eigenvalue weighted by Gasteiger charge is -2.08. The van der Waals surface area contributed by atoms with Crippen LogP contribution >= 0.6 is 23.2 Å². The summed E-state index contributed by atoms with van der Waals surface area (Å²) in [6.45, 7) is 3.27. The summed E-state index contributed by atoms with van der Waals surface area (Å²) in [5.41, 5.74) is 9.78. The SMILES string of the molecule is Cc1cccc(-c2nc3cc(Cl)c(Cl)cc3n2CCN)c1. The van der Waals surface area contributed by atoms with E-state index in [1.54, 1.807) is 6.07 Å². The van der Waals surface area contributed by atoms with E-state index in [2.05, 4.69) is 23.6 Å². The molecule has 0 spiro atoms. The third-order valence-electron chi connectivity index (χ3n) is 3.42. The highest BCUT2D eigenvalue weighted by Gasteiger charge is 2.14. The highest BCUT2D eigenvalue weighted by Crippen LogP contribution is 2.31. The van der Waals surface area contributed by atoms with Crippen molar-refractivity contribution >= 4 is 34.2 Å². The number of imidazole rings is 1. The second-order valence-electron chi connectivity index (χ2n) is 5.00. The number of halogens is 2. The molecule has 3 rings (SSSR count). The third-order valence-corrected chi connectivity index (χ3v) is 4.14. The minimum atomic E-state index is 0.511. The molecule has 21 heavy (non-hydrogen) atoms. The highest BCUT2D eigenvalue weighted by molar-refractivity contribution is 6.42. The molecule has 0 radical (unpaired) electrons. The molecule has 2 N–H and O–H groups in total. The normalized spacial score (nSPS) is 11.2. The Morgan fingerprint density at radius 3 is 2.62 bits per heavy atom. The number of hydrogen-bond acceptors (Lipinski definition) is 2. The smallest absolute Gasteiger partial charge is 0.141 e. The van der Waals surface area contributed by atoms with Gasteiger partial charge < -0.3 is 10.3 Å². The van der Waals surface area contributed by atoms with Crippen LogP contribution in [0.4, 0.5) is 0 Å². The summed E-state index contributed by atoms with van der Waals surface area (Å²) in [4.78, 5) is 4.71. The minimum Gasteiger partial charge on any atom is -0.329 e. The number of nitrogens with two attached hydrogens (primary N) is 1. The Morgan fingerprint density at radius 2 is 1.90 bits per heavy atom. The van der Waals surface area contributed by atoms with Crippen LogP contribution in [0.3, 0.4) is 0 Å². The second-order valence-corrected chi connectivity index (χ2v) is 5.81. The Bertz CT molecular complexity index is 809. The van der Waals surface area contributed by atoms with E-state index < -0.39 is 0 Å². The zero-order chi connectivity index (χ0) is 15.0. The molecule has 0 aliphatic carbocycles. The first-order valence-corrected chi connectivity index (χ1v) is 7.48. The molecular weight excluding hydrogens is 305 g/mol. The van der Waals surface area contributed by atoms with E-state index in [4.69, 9.17) is 33.9 Å². The molecule has 0 saturated heterocycles. The zero-order valence-corrected chi connectivity index (χ0v) is 13.1. The molecule has 0 atom stereocenters. The van der Waals surface area contributed by atoms with Gasteiger partial charge in [0.2, 0.25) is 0 Å². The Kier molecular flexibility index (Phi) is 3.89. The van der Waals surface area contributed by atoms with E-state index in [0.29, 0.717) is 23.1 Å². The molecule has 1 heterocycles. The summed E-state index contributed by atoms with van der Waals surface area (Å²) in [6, 6.07) is 11.9. The molecule has 0 aliphatic heterocycles. The Morgan fingerprint density at radius 1 is 1.14 bits per heavy atom. The first-order valence-electron chi connectivity index (χ1n) is 6.72. The fourth-order valence-corrected chi connectivity index (χ4v) is 2.80. The average Bonchev–Trinajstić information content (AvgIpc) is 2.78. The summed E-state index contributed by atoms with van der Waals surface area (Å²) in [7, 11) is 0. The van der Waals surface area contributed by atoms with Gasteiger partial charge in [0.05, 0.1) is 21.1 Å². The monoisotopic (exact) mass is 319 g/mol. The maximum atomic E-state index is 6.14. The molecule has 2 aromatic carbocycles. The number of benzene rings is 2. The van der Waals surface area contributed by atoms with Crippen molar-refractivity contribution in [1.29, 1.82) is 0 Å². The summed E-state index contributed by atoms with van der Waals surface area (Å²) in [5, 5.41) is 1.04. The maximum absolute atomic E-state index is 6.14. The van der Waals surface area contributed by atoms with Gasteiger partial charge in [-0.2, -0.15) is 0 Å². The molecule has 108 valence electrons. The summed E-state index contributed by atoms with van der Waals surface area (Å²) >= 11 is 12.2. The Labute approximate surface area is 133 Å². The van der Waals surface area contributed by atoms with Crippen LogP contribution in [-0.2, 0) is 6.54 Å². The average molecular weight is 320 g/mol. The van der Waals surface area contributed by atoms with E-state index in [9.17, 15) is 0 Å². The summed E-state index contributed by atoms with van der Waals surface area (Å²) < 4.78 is 2.09. The van der Waals surface area contributed by atoms with E-state index in [-0.39, 0.29) is 0 Å². The van der Waals surface area contributed by atoms with Gasteiger partial charge in [0.1, 0.15) is 5.82 Å². The van der Waals surface area contributed by atoms with Crippen molar-refractivity contribution in [2.45, 2.75) is 13.5 Å². The molecule has 5 heteroatoms. The van der Waals surface area contributed by atoms with Crippen molar-refractivity contribution in [1.82, 2.24) is 9.55 Å². The van der Waals surface area contributed by atoms with Crippen LogP contribution in [0.15, 0.2) is 36.4 Å². The lowest BCUT2D eigenvalue weighted by atomic mass is 10.1. The fraction of sp³-hybridized carbons (Fsp3) is 0.188. The van der Waals surface area contributed by atoms with Crippen molar-refractivity contribution in [2.75, 3.05) is 6.54 Å². The van der Waals surface area contributed by atoms with Gasteiger partial charge in [-0.1, -0.05) is 47.0 Å². The molecule has 0 bridgehead atoms. The molecule has 3 nitrogen and oxygen atoms in total. The van der Waals surface area contributed by atoms with E-state index >= 15 is 0 Å². The third kappa shape index (κ3) is 2.64. The number of hydrogen-bond donors (Lipinski definition) is 1. The molecule has 0 aliphatic rings. The summed E-state index contributed by atoms with van der Waals surface area (Å²) in [5.74, 6) is 0.887. The molecular formula is C16H15Cl2N3. The van der Waals surface area contributed by atoms with Crippen LogP contribution < -0.4 is 5.73 Å². The van der Waals surface area contributed by atoms with Gasteiger partial charge >= 0.3 is 0 Å². The maximum Gasteiger partial charge on any atom is 0.141 e. The van der Waals surface area contributed by atoms with Gasteiger partial charge in [0.15, 0.2) is 0 Å². The van der Waals surface area contributed by atoms with E-state index in [1.807, 2.05) is 18.2 Å². The first-order chi connectivity index (χ1) is 10.1. The number of aryl methyl sites for hydroxylation is 1. The van der Waals surface area contributed by atoms with Crippen LogP contribution in [0, 0.1) is 6.92 Å². The fourth-order valence-electron chi connectivity index (χ4n) is 2.48. The molecule has 0 unspecified atom stereocenters. The molecule has 1 aromatic heterocycles. The predicted molar refractivity (Wildman–Crippen MR) is 89.0 cm³/mol. The van der Waals surface area contributed by atoms with Crippen molar-refractivity contribution in [2.24, 2.45) is 5.73 Å². The summed E-state index contributed by atoms with van der Waals surface area (Å²) in [6.07, 6.45) is 0. The van der Waals surface area contributed by atoms with Crippen LogP contribution in [-0.4, -0.2) is 16.1 Å². The predicted octanol–water partition coefficient (Wildman–Crippen LogP) is 4.28. The van der Waals surface area contributed by atoms with Crippen molar-refractivity contribution in [3.05, 3.63) is 52.0 Å². The lowest BCUT2D eigenvalue weighted by Crippen LogP contribution is -2.11. The van der Waals surface area contributed by atoms with Crippen LogP contribution in [0.1, 0.15) is 5.56 Å². The number of nitrogens with zero attached hydrogens (tertiary/aromatic N) is 2. The van der Waals surface area contributed by atoms with Gasteiger partial charge in [0, 0.05) is 18.7 Å². The molecule has 0 saturated carbocycles. The van der Waals surface area contributed by atoms with Gasteiger partial charge in [0.25, 0.3) is 0 Å². The van der Waals surface area contributed by atoms with E-state index in [0.717, 1.165) is 22.4 Å². The zero-order valence-electron chi connectivity index (χ0n) is 11.6. The van der Waals surface area contributed by atoms with Crippen LogP contribution in [0.25, 0.3) is 22.4 Å². The van der Waals surface area contributed by atoms with Crippen molar-refractivity contribution in [3.8, 4) is 11.4 Å². The van der Waals surface area contributed by atoms with E-state index in [1.165, 1.54) is 5.56 Å². The number of fused-ring (bicyclic) bond motifs is 1. The number of rotatable bonds is 3. The van der Waals surface area contributed by atoms with Gasteiger partial charge in [-0.25, -0.2) is 4.98 Å². The largest absolute Gasteiger partial charge is 0.329 e.